The molecule has 0 atom stereocenters. The van der Waals surface area contributed by atoms with Gasteiger partial charge in [0.05, 0.1) is 17.8 Å². The van der Waals surface area contributed by atoms with E-state index in [0.717, 1.165) is 23.2 Å². The van der Waals surface area contributed by atoms with E-state index in [1.165, 1.54) is 0 Å². The van der Waals surface area contributed by atoms with Gasteiger partial charge in [0.1, 0.15) is 5.69 Å². The van der Waals surface area contributed by atoms with Gasteiger partial charge in [0.15, 0.2) is 0 Å². The monoisotopic (exact) mass is 475 g/mol. The van der Waals surface area contributed by atoms with Gasteiger partial charge in [-0.3, -0.25) is 14.5 Å². The van der Waals surface area contributed by atoms with Gasteiger partial charge >= 0.3 is 0 Å². The van der Waals surface area contributed by atoms with Crippen molar-refractivity contribution in [2.45, 2.75) is 13.3 Å². The summed E-state index contributed by atoms with van der Waals surface area (Å²) in [5.74, 6) is -0.0286. The lowest BCUT2D eigenvalue weighted by molar-refractivity contribution is -0.122. The smallest absolute Gasteiger partial charge is 0.257 e. The molecule has 2 heterocycles. The van der Waals surface area contributed by atoms with Gasteiger partial charge in [0, 0.05) is 58.2 Å². The average molecular weight is 476 g/mol. The fourth-order valence-corrected chi connectivity index (χ4v) is 4.23. The second-order valence-electron chi connectivity index (χ2n) is 8.81. The molecule has 2 aromatic carbocycles. The van der Waals surface area contributed by atoms with Crippen molar-refractivity contribution >= 4 is 11.8 Å². The lowest BCUT2D eigenvalue weighted by Crippen LogP contribution is -2.51. The number of aryl methyl sites for hydroxylation is 1. The summed E-state index contributed by atoms with van der Waals surface area (Å²) in [6.45, 7) is 6.07. The number of carbonyl (C=O) groups excluding carboxylic acids is 2. The maximum atomic E-state index is 13.6. The molecular weight excluding hydrogens is 442 g/mol. The number of piperazine rings is 1. The number of hydrogen-bond acceptors (Lipinski definition) is 5. The summed E-state index contributed by atoms with van der Waals surface area (Å²) >= 11 is 0. The Morgan fingerprint density at radius 2 is 1.80 bits per heavy atom. The highest BCUT2D eigenvalue weighted by atomic mass is 16.5. The van der Waals surface area contributed by atoms with E-state index >= 15 is 0 Å². The molecule has 4 rings (SSSR count). The van der Waals surface area contributed by atoms with E-state index in [4.69, 9.17) is 9.84 Å². The van der Waals surface area contributed by atoms with Crippen molar-refractivity contribution < 1.29 is 14.3 Å². The van der Waals surface area contributed by atoms with Crippen LogP contribution in [-0.2, 0) is 9.53 Å². The van der Waals surface area contributed by atoms with Crippen molar-refractivity contribution in [3.05, 3.63) is 71.9 Å². The minimum atomic E-state index is -0.0349. The largest absolute Gasteiger partial charge is 0.385 e. The van der Waals surface area contributed by atoms with Gasteiger partial charge in [-0.25, -0.2) is 4.68 Å². The number of nitrogens with one attached hydrogen (secondary N) is 1. The van der Waals surface area contributed by atoms with E-state index in [9.17, 15) is 9.59 Å². The van der Waals surface area contributed by atoms with Crippen molar-refractivity contribution in [2.75, 3.05) is 53.0 Å². The van der Waals surface area contributed by atoms with E-state index in [0.29, 0.717) is 57.1 Å². The van der Waals surface area contributed by atoms with Gasteiger partial charge in [-0.15, -0.1) is 0 Å². The first-order valence-electron chi connectivity index (χ1n) is 12.0. The molecule has 1 fully saturated rings. The molecule has 1 N–H and O–H groups in total. The molecule has 0 spiro atoms. The lowest BCUT2D eigenvalue weighted by Gasteiger charge is -2.34. The van der Waals surface area contributed by atoms with Gasteiger partial charge in [0.25, 0.3) is 5.91 Å². The van der Waals surface area contributed by atoms with Crippen LogP contribution in [0.2, 0.25) is 0 Å². The minimum absolute atomic E-state index is 0.00625. The molecule has 8 heteroatoms. The molecule has 0 aliphatic carbocycles. The van der Waals surface area contributed by atoms with Crippen molar-refractivity contribution in [2.24, 2.45) is 0 Å². The standard InChI is InChI=1S/C27H33N5O3/c1-21-8-6-9-22(18-21)26-24(19-32(29-26)23-10-4-3-5-11-23)27(34)31-15-13-30(14-16-31)20-25(33)28-12-7-17-35-2/h3-6,8-11,18-19H,7,12-17,20H2,1-2H3,(H,28,33). The van der Waals surface area contributed by atoms with Crippen molar-refractivity contribution in [1.29, 1.82) is 0 Å². The zero-order valence-corrected chi connectivity index (χ0v) is 20.4. The minimum Gasteiger partial charge on any atom is -0.385 e. The Labute approximate surface area is 206 Å². The summed E-state index contributed by atoms with van der Waals surface area (Å²) in [5.41, 5.74) is 4.21. The number of nitrogens with zero attached hydrogens (tertiary/aromatic N) is 4. The molecule has 2 amide bonds. The van der Waals surface area contributed by atoms with E-state index in [1.807, 2.05) is 66.6 Å². The molecule has 184 valence electrons. The normalized spacial score (nSPS) is 14.2. The van der Waals surface area contributed by atoms with E-state index in [1.54, 1.807) is 11.8 Å². The van der Waals surface area contributed by atoms with Gasteiger partial charge in [0.2, 0.25) is 5.91 Å². The molecule has 0 radical (unpaired) electrons. The number of aromatic nitrogens is 2. The topological polar surface area (TPSA) is 79.7 Å². The van der Waals surface area contributed by atoms with Crippen LogP contribution in [0.3, 0.4) is 0 Å². The van der Waals surface area contributed by atoms with Crippen molar-refractivity contribution in [1.82, 2.24) is 24.9 Å². The Bertz CT molecular complexity index is 1140. The zero-order valence-electron chi connectivity index (χ0n) is 20.4. The molecule has 1 aliphatic heterocycles. The predicted molar refractivity (Wildman–Crippen MR) is 136 cm³/mol. The fourth-order valence-electron chi connectivity index (χ4n) is 4.23. The molecule has 1 aromatic heterocycles. The van der Waals surface area contributed by atoms with Crippen LogP contribution in [0.4, 0.5) is 0 Å². The van der Waals surface area contributed by atoms with E-state index < -0.39 is 0 Å². The Kier molecular flexibility index (Phi) is 8.28. The summed E-state index contributed by atoms with van der Waals surface area (Å²) in [7, 11) is 1.65. The first-order chi connectivity index (χ1) is 17.0. The zero-order chi connectivity index (χ0) is 24.6. The highest BCUT2D eigenvalue weighted by Crippen LogP contribution is 2.26. The molecule has 0 saturated carbocycles. The van der Waals surface area contributed by atoms with Crippen LogP contribution in [0, 0.1) is 6.92 Å². The van der Waals surface area contributed by atoms with Crippen LogP contribution in [0.15, 0.2) is 60.8 Å². The third-order valence-corrected chi connectivity index (χ3v) is 6.13. The summed E-state index contributed by atoms with van der Waals surface area (Å²) in [6, 6.07) is 17.9. The molecule has 3 aromatic rings. The van der Waals surface area contributed by atoms with Gasteiger partial charge in [-0.05, 0) is 31.5 Å². The number of ether oxygens (including phenoxy) is 1. The van der Waals surface area contributed by atoms with Crippen LogP contribution in [-0.4, -0.2) is 84.4 Å². The maximum absolute atomic E-state index is 13.6. The van der Waals surface area contributed by atoms with Crippen molar-refractivity contribution in [3.63, 3.8) is 0 Å². The van der Waals surface area contributed by atoms with Crippen LogP contribution in [0.25, 0.3) is 16.9 Å². The summed E-state index contributed by atoms with van der Waals surface area (Å²) < 4.78 is 6.78. The predicted octanol–water partition coefficient (Wildman–Crippen LogP) is 2.76. The number of amides is 2. The lowest BCUT2D eigenvalue weighted by atomic mass is 10.0. The third kappa shape index (κ3) is 6.35. The second-order valence-corrected chi connectivity index (χ2v) is 8.81. The number of rotatable bonds is 9. The Morgan fingerprint density at radius 3 is 2.51 bits per heavy atom. The van der Waals surface area contributed by atoms with Crippen LogP contribution in [0.5, 0.6) is 0 Å². The highest BCUT2D eigenvalue weighted by Gasteiger charge is 2.27. The van der Waals surface area contributed by atoms with E-state index in [2.05, 4.69) is 16.3 Å². The first kappa shape index (κ1) is 24.6. The first-order valence-corrected chi connectivity index (χ1v) is 12.0. The maximum Gasteiger partial charge on any atom is 0.257 e. The number of carbonyl (C=O) groups is 2. The molecule has 0 unspecified atom stereocenters. The van der Waals surface area contributed by atoms with E-state index in [-0.39, 0.29) is 11.8 Å². The molecular formula is C27H33N5O3. The summed E-state index contributed by atoms with van der Waals surface area (Å²) in [6.07, 6.45) is 2.62. The highest BCUT2D eigenvalue weighted by molar-refractivity contribution is 6.00. The van der Waals surface area contributed by atoms with Crippen molar-refractivity contribution in [3.8, 4) is 16.9 Å². The molecule has 35 heavy (non-hydrogen) atoms. The number of methoxy groups -OCH3 is 1. The van der Waals surface area contributed by atoms with Gasteiger partial charge in [-0.2, -0.15) is 5.10 Å². The molecule has 1 saturated heterocycles. The summed E-state index contributed by atoms with van der Waals surface area (Å²) in [5, 5.41) is 7.72. The van der Waals surface area contributed by atoms with Crippen LogP contribution >= 0.6 is 0 Å². The molecule has 1 aliphatic rings. The average Bonchev–Trinajstić information content (AvgIpc) is 3.33. The number of para-hydroxylation sites is 1. The molecule has 8 nitrogen and oxygen atoms in total. The number of hydrogen-bond donors (Lipinski definition) is 1. The Hall–Kier alpha value is -3.49. The van der Waals surface area contributed by atoms with Crippen LogP contribution < -0.4 is 5.32 Å². The Morgan fingerprint density at radius 1 is 1.03 bits per heavy atom. The fraction of sp³-hybridized carbons (Fsp3) is 0.370. The second kappa shape index (κ2) is 11.8. The SMILES string of the molecule is COCCCNC(=O)CN1CCN(C(=O)c2cn(-c3ccccc3)nc2-c2cccc(C)c2)CC1. The van der Waals surface area contributed by atoms with Gasteiger partial charge in [-0.1, -0.05) is 42.0 Å². The third-order valence-electron chi connectivity index (χ3n) is 6.13. The van der Waals surface area contributed by atoms with Crippen LogP contribution in [0.1, 0.15) is 22.3 Å². The quantitative estimate of drug-likeness (QED) is 0.482. The Balaban J connectivity index is 1.45. The molecule has 0 bridgehead atoms. The summed E-state index contributed by atoms with van der Waals surface area (Å²) in [4.78, 5) is 29.8. The van der Waals surface area contributed by atoms with Gasteiger partial charge < -0.3 is 15.0 Å². The number of benzene rings is 2.